The van der Waals surface area contributed by atoms with E-state index in [0.29, 0.717) is 6.42 Å². The molecule has 3 N–H and O–H groups in total. The Kier molecular flexibility index (Phi) is 5.38. The zero-order valence-electron chi connectivity index (χ0n) is 9.37. The maximum Gasteiger partial charge on any atom is 0.319 e. The van der Waals surface area contributed by atoms with Gasteiger partial charge in [-0.2, -0.15) is 0 Å². The number of amides is 2. The summed E-state index contributed by atoms with van der Waals surface area (Å²) in [7, 11) is 0. The zero-order valence-corrected chi connectivity index (χ0v) is 10.1. The van der Waals surface area contributed by atoms with Crippen molar-refractivity contribution in [1.29, 1.82) is 0 Å². The van der Waals surface area contributed by atoms with Crippen LogP contribution in [0.4, 0.5) is 14.9 Å². The fourth-order valence-corrected chi connectivity index (χ4v) is 1.46. The third-order valence-corrected chi connectivity index (χ3v) is 2.19. The van der Waals surface area contributed by atoms with Crippen LogP contribution in [0.2, 0.25) is 5.02 Å². The molecule has 0 unspecified atom stereocenters. The highest BCUT2D eigenvalue weighted by atomic mass is 35.5. The van der Waals surface area contributed by atoms with Gasteiger partial charge in [-0.05, 0) is 24.6 Å². The second-order valence-electron chi connectivity index (χ2n) is 3.54. The molecule has 2 amide bonds. The van der Waals surface area contributed by atoms with Crippen LogP contribution in [-0.2, 0) is 4.79 Å². The topological polar surface area (TPSA) is 78.4 Å². The van der Waals surface area contributed by atoms with Crippen LogP contribution in [0.5, 0.6) is 0 Å². The quantitative estimate of drug-likeness (QED) is 0.722. The molecule has 0 atom stereocenters. The number of anilines is 1. The molecule has 0 heterocycles. The third kappa shape index (κ3) is 5.49. The summed E-state index contributed by atoms with van der Waals surface area (Å²) in [5, 5.41) is 13.4. The summed E-state index contributed by atoms with van der Waals surface area (Å²) < 4.78 is 13.0. The average molecular weight is 275 g/mol. The smallest absolute Gasteiger partial charge is 0.319 e. The third-order valence-electron chi connectivity index (χ3n) is 1.97. The Morgan fingerprint density at radius 1 is 1.33 bits per heavy atom. The first kappa shape index (κ1) is 14.2. The number of hydrogen-bond acceptors (Lipinski definition) is 2. The van der Waals surface area contributed by atoms with Crippen LogP contribution in [0.25, 0.3) is 0 Å². The number of urea groups is 1. The predicted octanol–water partition coefficient (Wildman–Crippen LogP) is 2.47. The molecule has 0 saturated carbocycles. The van der Waals surface area contributed by atoms with E-state index in [4.69, 9.17) is 16.7 Å². The first-order chi connectivity index (χ1) is 8.47. The first-order valence-electron chi connectivity index (χ1n) is 5.20. The van der Waals surface area contributed by atoms with E-state index in [1.807, 2.05) is 0 Å². The largest absolute Gasteiger partial charge is 0.481 e. The number of carboxylic acid groups (broad SMARTS) is 1. The Hall–Kier alpha value is -1.82. The molecule has 0 fully saturated rings. The molecule has 0 spiro atoms. The van der Waals surface area contributed by atoms with E-state index >= 15 is 0 Å². The van der Waals surface area contributed by atoms with E-state index in [1.54, 1.807) is 0 Å². The predicted molar refractivity (Wildman–Crippen MR) is 65.3 cm³/mol. The van der Waals surface area contributed by atoms with Gasteiger partial charge in [-0.15, -0.1) is 0 Å². The molecule has 1 aromatic carbocycles. The Labute approximate surface area is 108 Å². The Balaban J connectivity index is 2.37. The second-order valence-corrected chi connectivity index (χ2v) is 3.97. The van der Waals surface area contributed by atoms with E-state index in [1.165, 1.54) is 6.07 Å². The van der Waals surface area contributed by atoms with Gasteiger partial charge in [0.2, 0.25) is 0 Å². The van der Waals surface area contributed by atoms with E-state index in [0.717, 1.165) is 12.1 Å². The Bertz CT molecular complexity index is 434. The molecule has 5 nitrogen and oxygen atoms in total. The van der Waals surface area contributed by atoms with Gasteiger partial charge in [0.05, 0.1) is 0 Å². The monoisotopic (exact) mass is 274 g/mol. The van der Waals surface area contributed by atoms with Crippen molar-refractivity contribution in [2.24, 2.45) is 0 Å². The second kappa shape index (κ2) is 6.80. The number of aliphatic carboxylic acids is 1. The molecule has 7 heteroatoms. The highest BCUT2D eigenvalue weighted by Crippen LogP contribution is 2.17. The lowest BCUT2D eigenvalue weighted by atomic mass is 10.3. The molecule has 0 aliphatic heterocycles. The molecule has 0 radical (unpaired) electrons. The van der Waals surface area contributed by atoms with E-state index in [9.17, 15) is 14.0 Å². The summed E-state index contributed by atoms with van der Waals surface area (Å²) in [5.41, 5.74) is 0.232. The van der Waals surface area contributed by atoms with Crippen LogP contribution in [0.15, 0.2) is 18.2 Å². The van der Waals surface area contributed by atoms with Crippen molar-refractivity contribution in [3.63, 3.8) is 0 Å². The zero-order chi connectivity index (χ0) is 13.5. The summed E-state index contributed by atoms with van der Waals surface area (Å²) >= 11 is 5.62. The minimum absolute atomic E-state index is 0.0218. The number of carbonyl (C=O) groups excluding carboxylic acids is 1. The van der Waals surface area contributed by atoms with Gasteiger partial charge < -0.3 is 15.7 Å². The van der Waals surface area contributed by atoms with Crippen LogP contribution in [0.3, 0.4) is 0 Å². The lowest BCUT2D eigenvalue weighted by molar-refractivity contribution is -0.137. The molecule has 0 saturated heterocycles. The normalized spacial score (nSPS) is 9.89. The van der Waals surface area contributed by atoms with E-state index in [2.05, 4.69) is 10.6 Å². The fourth-order valence-electron chi connectivity index (χ4n) is 1.24. The maximum atomic E-state index is 13.0. The number of benzene rings is 1. The van der Waals surface area contributed by atoms with Crippen molar-refractivity contribution < 1.29 is 19.1 Å². The fraction of sp³-hybridized carbons (Fsp3) is 0.273. The number of carboxylic acids is 1. The molecule has 0 aliphatic rings. The van der Waals surface area contributed by atoms with Gasteiger partial charge >= 0.3 is 12.0 Å². The number of halogens is 2. The number of hydrogen-bond donors (Lipinski definition) is 3. The van der Waals surface area contributed by atoms with Crippen LogP contribution in [-0.4, -0.2) is 23.7 Å². The van der Waals surface area contributed by atoms with Crippen LogP contribution in [0.1, 0.15) is 12.8 Å². The minimum atomic E-state index is -0.922. The molecule has 18 heavy (non-hydrogen) atoms. The molecule has 98 valence electrons. The average Bonchev–Trinajstić information content (AvgIpc) is 2.22. The molecular formula is C11H12ClFN2O3. The first-order valence-corrected chi connectivity index (χ1v) is 5.58. The van der Waals surface area contributed by atoms with Crippen molar-refractivity contribution >= 4 is 29.3 Å². The number of carbonyl (C=O) groups is 2. The van der Waals surface area contributed by atoms with Gasteiger partial charge in [0.25, 0.3) is 0 Å². The summed E-state index contributed by atoms with van der Waals surface area (Å²) in [6.07, 6.45) is 0.304. The van der Waals surface area contributed by atoms with Gasteiger partial charge in [0, 0.05) is 23.7 Å². The van der Waals surface area contributed by atoms with Crippen molar-refractivity contribution in [3.8, 4) is 0 Å². The summed E-state index contributed by atoms with van der Waals surface area (Å²) in [6.45, 7) is 0.223. The number of rotatable bonds is 5. The van der Waals surface area contributed by atoms with E-state index in [-0.39, 0.29) is 23.7 Å². The molecule has 1 aromatic rings. The molecule has 1 rings (SSSR count). The van der Waals surface area contributed by atoms with E-state index < -0.39 is 17.8 Å². The summed E-state index contributed by atoms with van der Waals surface area (Å²) in [4.78, 5) is 21.6. The Morgan fingerprint density at radius 3 is 2.67 bits per heavy atom. The van der Waals surface area contributed by atoms with Gasteiger partial charge in [-0.25, -0.2) is 9.18 Å². The lowest BCUT2D eigenvalue weighted by Gasteiger charge is -2.07. The SMILES string of the molecule is O=C(O)CCCNC(=O)Nc1cc(F)cc(Cl)c1. The maximum absolute atomic E-state index is 13.0. The lowest BCUT2D eigenvalue weighted by Crippen LogP contribution is -2.29. The van der Waals surface area contributed by atoms with Gasteiger partial charge in [-0.1, -0.05) is 11.6 Å². The van der Waals surface area contributed by atoms with Gasteiger partial charge in [0.1, 0.15) is 5.82 Å². The van der Waals surface area contributed by atoms with Crippen LogP contribution in [0, 0.1) is 5.82 Å². The van der Waals surface area contributed by atoms with Crippen LogP contribution < -0.4 is 10.6 Å². The van der Waals surface area contributed by atoms with Crippen molar-refractivity contribution in [3.05, 3.63) is 29.0 Å². The van der Waals surface area contributed by atoms with Gasteiger partial charge in [0.15, 0.2) is 0 Å². The van der Waals surface area contributed by atoms with Crippen molar-refractivity contribution in [2.75, 3.05) is 11.9 Å². The summed E-state index contributed by atoms with van der Waals surface area (Å²) in [5.74, 6) is -1.47. The molecule has 0 aliphatic carbocycles. The molecule has 0 aromatic heterocycles. The van der Waals surface area contributed by atoms with Crippen molar-refractivity contribution in [1.82, 2.24) is 5.32 Å². The van der Waals surface area contributed by atoms with Crippen molar-refractivity contribution in [2.45, 2.75) is 12.8 Å². The van der Waals surface area contributed by atoms with Crippen LogP contribution >= 0.6 is 11.6 Å². The Morgan fingerprint density at radius 2 is 2.06 bits per heavy atom. The summed E-state index contributed by atoms with van der Waals surface area (Å²) in [6, 6.07) is 3.11. The number of nitrogens with one attached hydrogen (secondary N) is 2. The highest BCUT2D eigenvalue weighted by Gasteiger charge is 2.04. The minimum Gasteiger partial charge on any atom is -0.481 e. The molecular weight excluding hydrogens is 263 g/mol. The highest BCUT2D eigenvalue weighted by molar-refractivity contribution is 6.30. The molecule has 0 bridgehead atoms. The van der Waals surface area contributed by atoms with Gasteiger partial charge in [-0.3, -0.25) is 4.79 Å². The standard InChI is InChI=1S/C11H12ClFN2O3/c12-7-4-8(13)6-9(5-7)15-11(18)14-3-1-2-10(16)17/h4-6H,1-3H2,(H,16,17)(H2,14,15,18).